The van der Waals surface area contributed by atoms with Crippen LogP contribution in [-0.2, 0) is 0 Å². The highest BCUT2D eigenvalue weighted by Gasteiger charge is 2.20. The van der Waals surface area contributed by atoms with Gasteiger partial charge in [0.2, 0.25) is 11.6 Å². The second-order valence-electron chi connectivity index (χ2n) is 1.50. The quantitative estimate of drug-likeness (QED) is 0.611. The van der Waals surface area contributed by atoms with Gasteiger partial charge in [0, 0.05) is 0 Å². The average Bonchev–Trinajstić information content (AvgIpc) is 2.17. The van der Waals surface area contributed by atoms with Crippen LogP contribution < -0.4 is 4.74 Å². The van der Waals surface area contributed by atoms with Gasteiger partial charge in [0.15, 0.2) is 0 Å². The lowest BCUT2D eigenvalue weighted by molar-refractivity contribution is 0.238. The first-order valence-electron chi connectivity index (χ1n) is 2.34. The molecule has 1 aromatic rings. The first kappa shape index (κ1) is 6.98. The van der Waals surface area contributed by atoms with Crippen LogP contribution in [0.2, 0.25) is 0 Å². The lowest BCUT2D eigenvalue weighted by Gasteiger charge is -1.87. The van der Waals surface area contributed by atoms with Crippen molar-refractivity contribution in [1.29, 1.82) is 0 Å². The van der Waals surface area contributed by atoms with Crippen molar-refractivity contribution in [2.24, 2.45) is 0 Å². The maximum Gasteiger partial charge on any atom is 0.327 e. The normalized spacial score (nSPS) is 10.0. The molecule has 2 nitrogen and oxygen atoms in total. The highest BCUT2D eigenvalue weighted by atomic mass is 19.2. The van der Waals surface area contributed by atoms with E-state index in [1.165, 1.54) is 0 Å². The SMILES string of the molecule is COc1oc(F)c(F)c1F. The molecular weight excluding hydrogens is 149 g/mol. The second-order valence-corrected chi connectivity index (χ2v) is 1.50. The Hall–Kier alpha value is -1.13. The molecular formula is C5H3F3O2. The summed E-state index contributed by atoms with van der Waals surface area (Å²) in [5.41, 5.74) is 0. The fraction of sp³-hybridized carbons (Fsp3) is 0.200. The number of hydrogen-bond acceptors (Lipinski definition) is 2. The molecule has 1 heterocycles. The summed E-state index contributed by atoms with van der Waals surface area (Å²) in [5, 5.41) is 0. The van der Waals surface area contributed by atoms with Gasteiger partial charge in [0.05, 0.1) is 7.11 Å². The number of ether oxygens (including phenoxy) is 1. The molecule has 0 bridgehead atoms. The summed E-state index contributed by atoms with van der Waals surface area (Å²) in [6, 6.07) is -1.60. The van der Waals surface area contributed by atoms with E-state index >= 15 is 0 Å². The van der Waals surface area contributed by atoms with E-state index in [4.69, 9.17) is 0 Å². The minimum absolute atomic E-state index is 0.782. The molecule has 56 valence electrons. The molecule has 0 saturated heterocycles. The molecule has 0 N–H and O–H groups in total. The van der Waals surface area contributed by atoms with Gasteiger partial charge in [-0.1, -0.05) is 0 Å². The molecule has 0 unspecified atom stereocenters. The molecule has 0 saturated carbocycles. The van der Waals surface area contributed by atoms with Crippen LogP contribution in [0.15, 0.2) is 4.42 Å². The monoisotopic (exact) mass is 152 g/mol. The summed E-state index contributed by atoms with van der Waals surface area (Å²) < 4.78 is 44.1. The van der Waals surface area contributed by atoms with Gasteiger partial charge in [0.25, 0.3) is 0 Å². The molecule has 0 aromatic carbocycles. The van der Waals surface area contributed by atoms with E-state index < -0.39 is 23.6 Å². The van der Waals surface area contributed by atoms with Crippen molar-refractivity contribution in [1.82, 2.24) is 0 Å². The van der Waals surface area contributed by atoms with Crippen LogP contribution in [0.1, 0.15) is 0 Å². The largest absolute Gasteiger partial charge is 0.466 e. The van der Waals surface area contributed by atoms with Crippen LogP contribution in [0.5, 0.6) is 5.95 Å². The van der Waals surface area contributed by atoms with Crippen molar-refractivity contribution >= 4 is 0 Å². The molecule has 0 fully saturated rings. The van der Waals surface area contributed by atoms with Crippen molar-refractivity contribution in [2.45, 2.75) is 0 Å². The van der Waals surface area contributed by atoms with Crippen LogP contribution in [0.25, 0.3) is 0 Å². The van der Waals surface area contributed by atoms with Crippen molar-refractivity contribution in [3.05, 3.63) is 17.6 Å². The van der Waals surface area contributed by atoms with Gasteiger partial charge in [-0.15, -0.1) is 0 Å². The Labute approximate surface area is 54.2 Å². The molecule has 10 heavy (non-hydrogen) atoms. The zero-order valence-corrected chi connectivity index (χ0v) is 4.95. The molecule has 0 aliphatic heterocycles. The number of hydrogen-bond donors (Lipinski definition) is 0. The van der Waals surface area contributed by atoms with Gasteiger partial charge in [-0.2, -0.15) is 13.2 Å². The van der Waals surface area contributed by atoms with Crippen LogP contribution in [0.3, 0.4) is 0 Å². The van der Waals surface area contributed by atoms with E-state index in [0.29, 0.717) is 0 Å². The Morgan fingerprint density at radius 3 is 2.00 bits per heavy atom. The Kier molecular flexibility index (Phi) is 1.57. The Bertz CT molecular complexity index is 243. The molecule has 0 amide bonds. The van der Waals surface area contributed by atoms with Gasteiger partial charge in [-0.3, -0.25) is 0 Å². The minimum atomic E-state index is -1.66. The van der Waals surface area contributed by atoms with E-state index in [2.05, 4.69) is 9.15 Å². The molecule has 5 heteroatoms. The summed E-state index contributed by atoms with van der Waals surface area (Å²) in [6.07, 6.45) is 0. The first-order valence-corrected chi connectivity index (χ1v) is 2.34. The first-order chi connectivity index (χ1) is 4.66. The van der Waals surface area contributed by atoms with E-state index in [1.54, 1.807) is 0 Å². The summed E-state index contributed by atoms with van der Waals surface area (Å²) in [7, 11) is 1.04. The second kappa shape index (κ2) is 2.24. The highest BCUT2D eigenvalue weighted by molar-refractivity contribution is 5.11. The van der Waals surface area contributed by atoms with Crippen molar-refractivity contribution in [2.75, 3.05) is 7.11 Å². The van der Waals surface area contributed by atoms with E-state index in [-0.39, 0.29) is 0 Å². The summed E-state index contributed by atoms with van der Waals surface area (Å²) in [6.45, 7) is 0. The third-order valence-electron chi connectivity index (χ3n) is 0.912. The maximum absolute atomic E-state index is 12.2. The van der Waals surface area contributed by atoms with Crippen LogP contribution in [0, 0.1) is 17.6 Å². The van der Waals surface area contributed by atoms with E-state index in [1.807, 2.05) is 0 Å². The summed E-state index contributed by atoms with van der Waals surface area (Å²) in [4.78, 5) is 0. The smallest absolute Gasteiger partial charge is 0.327 e. The third-order valence-corrected chi connectivity index (χ3v) is 0.912. The minimum Gasteiger partial charge on any atom is -0.466 e. The molecule has 0 atom stereocenters. The Morgan fingerprint density at radius 1 is 1.20 bits per heavy atom. The maximum atomic E-state index is 12.2. The van der Waals surface area contributed by atoms with Gasteiger partial charge in [-0.05, 0) is 0 Å². The van der Waals surface area contributed by atoms with Crippen molar-refractivity contribution in [3.8, 4) is 5.95 Å². The van der Waals surface area contributed by atoms with E-state index in [9.17, 15) is 13.2 Å². The van der Waals surface area contributed by atoms with E-state index in [0.717, 1.165) is 7.11 Å². The predicted octanol–water partition coefficient (Wildman–Crippen LogP) is 1.71. The molecule has 0 aliphatic carbocycles. The highest BCUT2D eigenvalue weighted by Crippen LogP contribution is 2.23. The number of methoxy groups -OCH3 is 1. The fourth-order valence-corrected chi connectivity index (χ4v) is 0.478. The zero-order valence-electron chi connectivity index (χ0n) is 4.95. The van der Waals surface area contributed by atoms with Crippen LogP contribution in [-0.4, -0.2) is 7.11 Å². The average molecular weight is 152 g/mol. The lowest BCUT2D eigenvalue weighted by Crippen LogP contribution is -1.83. The summed E-state index contributed by atoms with van der Waals surface area (Å²) >= 11 is 0. The zero-order chi connectivity index (χ0) is 7.72. The van der Waals surface area contributed by atoms with Crippen molar-refractivity contribution < 1.29 is 22.3 Å². The number of rotatable bonds is 1. The van der Waals surface area contributed by atoms with Gasteiger partial charge >= 0.3 is 12.0 Å². The van der Waals surface area contributed by atoms with Gasteiger partial charge < -0.3 is 9.15 Å². The molecule has 1 aromatic heterocycles. The Balaban J connectivity index is 3.17. The molecule has 0 aliphatic rings. The third kappa shape index (κ3) is 0.832. The van der Waals surface area contributed by atoms with Gasteiger partial charge in [-0.25, -0.2) is 0 Å². The summed E-state index contributed by atoms with van der Waals surface area (Å²) in [5.74, 6) is -3.88. The lowest BCUT2D eigenvalue weighted by atomic mass is 10.6. The molecule has 0 radical (unpaired) electrons. The molecule has 1 rings (SSSR count). The predicted molar refractivity (Wildman–Crippen MR) is 25.1 cm³/mol. The molecule has 0 spiro atoms. The standard InChI is InChI=1S/C5H3F3O2/c1-9-5-3(7)2(6)4(8)10-5/h1H3. The van der Waals surface area contributed by atoms with Crippen LogP contribution in [0.4, 0.5) is 13.2 Å². The number of halogens is 3. The van der Waals surface area contributed by atoms with Crippen LogP contribution >= 0.6 is 0 Å². The number of furan rings is 1. The topological polar surface area (TPSA) is 22.4 Å². The fourth-order valence-electron chi connectivity index (χ4n) is 0.478. The Morgan fingerprint density at radius 2 is 1.80 bits per heavy atom. The van der Waals surface area contributed by atoms with Gasteiger partial charge in [0.1, 0.15) is 0 Å². The van der Waals surface area contributed by atoms with Crippen molar-refractivity contribution in [3.63, 3.8) is 0 Å².